The quantitative estimate of drug-likeness (QED) is 0.551. The summed E-state index contributed by atoms with van der Waals surface area (Å²) in [6.45, 7) is 4.74. The molecule has 1 heteroatoms. The van der Waals surface area contributed by atoms with Crippen molar-refractivity contribution in [3.05, 3.63) is 12.2 Å². The molecule has 0 aromatic carbocycles. The van der Waals surface area contributed by atoms with E-state index in [9.17, 15) is 0 Å². The summed E-state index contributed by atoms with van der Waals surface area (Å²) in [7, 11) is 0. The average Bonchev–Trinajstić information content (AvgIpc) is 1.88. The molecule has 0 aliphatic heterocycles. The Balaban J connectivity index is 2.53. The highest BCUT2D eigenvalue weighted by atomic mass is 16.3. The third-order valence-corrected chi connectivity index (χ3v) is 2.37. The predicted octanol–water partition coefficient (Wildman–Crippen LogP) is 1.83. The van der Waals surface area contributed by atoms with E-state index in [1.54, 1.807) is 0 Å². The van der Waals surface area contributed by atoms with Crippen LogP contribution in [0.25, 0.3) is 0 Å². The van der Waals surface area contributed by atoms with Crippen molar-refractivity contribution in [2.75, 3.05) is 6.61 Å². The highest BCUT2D eigenvalue weighted by molar-refractivity contribution is 4.98. The maximum absolute atomic E-state index is 8.90. The van der Waals surface area contributed by atoms with E-state index < -0.39 is 0 Å². The van der Waals surface area contributed by atoms with Gasteiger partial charge in [0.15, 0.2) is 0 Å². The molecule has 0 aromatic heterocycles. The number of aliphatic hydroxyl groups is 1. The van der Waals surface area contributed by atoms with E-state index in [1.165, 1.54) is 6.42 Å². The van der Waals surface area contributed by atoms with Gasteiger partial charge in [-0.2, -0.15) is 0 Å². The minimum Gasteiger partial charge on any atom is -0.396 e. The summed E-state index contributed by atoms with van der Waals surface area (Å²) in [6, 6.07) is 0. The van der Waals surface area contributed by atoms with Crippen LogP contribution >= 0.6 is 0 Å². The SMILES string of the molecule is CC1C[C@H](C)C=C[C@@H]1CO. The van der Waals surface area contributed by atoms with E-state index in [4.69, 9.17) is 5.11 Å². The largest absolute Gasteiger partial charge is 0.396 e. The molecule has 1 rings (SSSR count). The maximum Gasteiger partial charge on any atom is 0.0496 e. The Morgan fingerprint density at radius 2 is 2.10 bits per heavy atom. The van der Waals surface area contributed by atoms with Crippen molar-refractivity contribution in [1.29, 1.82) is 0 Å². The normalized spacial score (nSPS) is 40.1. The number of aliphatic hydroxyl groups excluding tert-OH is 1. The molecule has 3 atom stereocenters. The van der Waals surface area contributed by atoms with Crippen molar-refractivity contribution in [2.45, 2.75) is 20.3 Å². The average molecular weight is 140 g/mol. The van der Waals surface area contributed by atoms with Crippen LogP contribution in [0.3, 0.4) is 0 Å². The van der Waals surface area contributed by atoms with Gasteiger partial charge in [0.1, 0.15) is 0 Å². The van der Waals surface area contributed by atoms with Gasteiger partial charge < -0.3 is 5.11 Å². The zero-order chi connectivity index (χ0) is 7.56. The van der Waals surface area contributed by atoms with Gasteiger partial charge in [-0.3, -0.25) is 0 Å². The van der Waals surface area contributed by atoms with E-state index in [0.717, 1.165) is 0 Å². The predicted molar refractivity (Wildman–Crippen MR) is 42.7 cm³/mol. The molecule has 1 nitrogen and oxygen atoms in total. The van der Waals surface area contributed by atoms with Gasteiger partial charge in [0.2, 0.25) is 0 Å². The molecule has 0 aromatic rings. The third-order valence-electron chi connectivity index (χ3n) is 2.37. The summed E-state index contributed by atoms with van der Waals surface area (Å²) < 4.78 is 0. The van der Waals surface area contributed by atoms with Crippen LogP contribution in [0, 0.1) is 17.8 Å². The molecular weight excluding hydrogens is 124 g/mol. The summed E-state index contributed by atoms with van der Waals surface area (Å²) in [6.07, 6.45) is 5.58. The zero-order valence-corrected chi connectivity index (χ0v) is 6.75. The fraction of sp³-hybridized carbons (Fsp3) is 0.778. The third kappa shape index (κ3) is 1.60. The summed E-state index contributed by atoms with van der Waals surface area (Å²) in [5, 5.41) is 8.90. The maximum atomic E-state index is 8.90. The Labute approximate surface area is 62.8 Å². The van der Waals surface area contributed by atoms with Gasteiger partial charge in [-0.15, -0.1) is 0 Å². The number of hydrogen-bond acceptors (Lipinski definition) is 1. The summed E-state index contributed by atoms with van der Waals surface area (Å²) in [5.74, 6) is 1.78. The first kappa shape index (κ1) is 7.80. The number of hydrogen-bond donors (Lipinski definition) is 1. The monoisotopic (exact) mass is 140 g/mol. The van der Waals surface area contributed by atoms with Crippen LogP contribution < -0.4 is 0 Å². The standard InChI is InChI=1S/C9H16O/c1-7-3-4-9(6-10)8(2)5-7/h3-4,7-10H,5-6H2,1-2H3/t7-,8?,9-/m1/s1. The minimum absolute atomic E-state index is 0.310. The van der Waals surface area contributed by atoms with Crippen molar-refractivity contribution in [3.63, 3.8) is 0 Å². The smallest absolute Gasteiger partial charge is 0.0496 e. The first-order valence-corrected chi connectivity index (χ1v) is 4.03. The first-order valence-electron chi connectivity index (χ1n) is 4.03. The van der Waals surface area contributed by atoms with Gasteiger partial charge in [-0.1, -0.05) is 26.0 Å². The molecule has 1 aliphatic rings. The first-order chi connectivity index (χ1) is 4.74. The Bertz CT molecular complexity index is 129. The van der Waals surface area contributed by atoms with Gasteiger partial charge in [-0.25, -0.2) is 0 Å². The second-order valence-corrected chi connectivity index (χ2v) is 3.42. The van der Waals surface area contributed by atoms with E-state index in [0.29, 0.717) is 24.4 Å². The van der Waals surface area contributed by atoms with E-state index in [-0.39, 0.29) is 0 Å². The molecule has 0 bridgehead atoms. The van der Waals surface area contributed by atoms with Gasteiger partial charge in [0, 0.05) is 12.5 Å². The fourth-order valence-electron chi connectivity index (χ4n) is 1.60. The summed E-state index contributed by atoms with van der Waals surface area (Å²) in [4.78, 5) is 0. The molecule has 1 aliphatic carbocycles. The second kappa shape index (κ2) is 3.20. The van der Waals surface area contributed by atoms with Crippen molar-refractivity contribution >= 4 is 0 Å². The number of allylic oxidation sites excluding steroid dienone is 1. The van der Waals surface area contributed by atoms with Crippen LogP contribution in [0.1, 0.15) is 20.3 Å². The second-order valence-electron chi connectivity index (χ2n) is 3.42. The lowest BCUT2D eigenvalue weighted by molar-refractivity contribution is 0.196. The van der Waals surface area contributed by atoms with E-state index in [2.05, 4.69) is 26.0 Å². The van der Waals surface area contributed by atoms with Crippen molar-refractivity contribution < 1.29 is 5.11 Å². The molecule has 10 heavy (non-hydrogen) atoms. The van der Waals surface area contributed by atoms with Crippen LogP contribution in [0.2, 0.25) is 0 Å². The Morgan fingerprint density at radius 3 is 2.60 bits per heavy atom. The molecule has 0 saturated carbocycles. The van der Waals surface area contributed by atoms with Crippen molar-refractivity contribution in [3.8, 4) is 0 Å². The molecule has 0 saturated heterocycles. The van der Waals surface area contributed by atoms with Crippen molar-refractivity contribution in [2.24, 2.45) is 17.8 Å². The Kier molecular flexibility index (Phi) is 2.50. The molecule has 1 unspecified atom stereocenters. The van der Waals surface area contributed by atoms with Crippen LogP contribution in [-0.2, 0) is 0 Å². The van der Waals surface area contributed by atoms with Crippen molar-refractivity contribution in [1.82, 2.24) is 0 Å². The van der Waals surface area contributed by atoms with Gasteiger partial charge in [0.25, 0.3) is 0 Å². The zero-order valence-electron chi connectivity index (χ0n) is 6.75. The van der Waals surface area contributed by atoms with Crippen LogP contribution in [0.5, 0.6) is 0 Å². The van der Waals surface area contributed by atoms with Gasteiger partial charge >= 0.3 is 0 Å². The summed E-state index contributed by atoms with van der Waals surface area (Å²) >= 11 is 0. The Morgan fingerprint density at radius 1 is 1.40 bits per heavy atom. The fourth-order valence-corrected chi connectivity index (χ4v) is 1.60. The molecule has 0 amide bonds. The van der Waals surface area contributed by atoms with Crippen LogP contribution in [-0.4, -0.2) is 11.7 Å². The molecule has 58 valence electrons. The van der Waals surface area contributed by atoms with Crippen LogP contribution in [0.15, 0.2) is 12.2 Å². The topological polar surface area (TPSA) is 20.2 Å². The molecule has 0 spiro atoms. The van der Waals surface area contributed by atoms with E-state index >= 15 is 0 Å². The lowest BCUT2D eigenvalue weighted by Crippen LogP contribution is -2.19. The summed E-state index contributed by atoms with van der Waals surface area (Å²) in [5.41, 5.74) is 0. The number of rotatable bonds is 1. The minimum atomic E-state index is 0.310. The molecule has 1 N–H and O–H groups in total. The highest BCUT2D eigenvalue weighted by Gasteiger charge is 2.19. The molecular formula is C9H16O. The molecule has 0 fully saturated rings. The van der Waals surface area contributed by atoms with E-state index in [1.807, 2.05) is 0 Å². The lowest BCUT2D eigenvalue weighted by Gasteiger charge is -2.25. The highest BCUT2D eigenvalue weighted by Crippen LogP contribution is 2.26. The van der Waals surface area contributed by atoms with Gasteiger partial charge in [0.05, 0.1) is 0 Å². The molecule has 0 radical (unpaired) electrons. The van der Waals surface area contributed by atoms with Gasteiger partial charge in [-0.05, 0) is 18.3 Å². The Hall–Kier alpha value is -0.300. The lowest BCUT2D eigenvalue weighted by atomic mass is 9.81. The molecule has 0 heterocycles. The van der Waals surface area contributed by atoms with Crippen LogP contribution in [0.4, 0.5) is 0 Å².